The van der Waals surface area contributed by atoms with Crippen LogP contribution in [0.2, 0.25) is 0 Å². The monoisotopic (exact) mass is 309 g/mol. The quantitative estimate of drug-likeness (QED) is 0.913. The van der Waals surface area contributed by atoms with Gasteiger partial charge in [0.2, 0.25) is 0 Å². The third kappa shape index (κ3) is 3.16. The predicted molar refractivity (Wildman–Crippen MR) is 77.6 cm³/mol. The smallest absolute Gasteiger partial charge is 0.340 e. The van der Waals surface area contributed by atoms with Crippen molar-refractivity contribution in [3.05, 3.63) is 41.3 Å². The molecular formula is C13H12FN3O3S. The highest BCUT2D eigenvalue weighted by molar-refractivity contribution is 7.11. The molecule has 2 rings (SSSR count). The Morgan fingerprint density at radius 2 is 2.14 bits per heavy atom. The molecule has 2 amide bonds. The number of aryl methyl sites for hydroxylation is 1. The first kappa shape index (κ1) is 14.9. The molecule has 6 nitrogen and oxygen atoms in total. The van der Waals surface area contributed by atoms with E-state index in [9.17, 15) is 14.0 Å². The lowest BCUT2D eigenvalue weighted by atomic mass is 10.2. The van der Waals surface area contributed by atoms with Crippen molar-refractivity contribution in [2.75, 3.05) is 17.3 Å². The number of aromatic nitrogens is 1. The first-order valence-electron chi connectivity index (χ1n) is 5.90. The maximum absolute atomic E-state index is 13.1. The Balaban J connectivity index is 2.22. The fourth-order valence-electron chi connectivity index (χ4n) is 1.70. The van der Waals surface area contributed by atoms with Gasteiger partial charge < -0.3 is 10.4 Å². The molecule has 21 heavy (non-hydrogen) atoms. The Kier molecular flexibility index (Phi) is 4.18. The second-order valence-corrected chi connectivity index (χ2v) is 5.00. The standard InChI is InChI=1S/C13H12FN3O3S/c1-7-10(12(18)19)11(21-16-7)17(2)13(20)15-9-5-3-4-8(14)6-9/h3-6H,1-2H3,(H,15,20)(H,18,19). The molecule has 8 heteroatoms. The van der Waals surface area contributed by atoms with E-state index in [1.807, 2.05) is 0 Å². The number of rotatable bonds is 3. The number of nitrogens with one attached hydrogen (secondary N) is 1. The molecule has 110 valence electrons. The van der Waals surface area contributed by atoms with E-state index in [0.717, 1.165) is 16.4 Å². The van der Waals surface area contributed by atoms with Crippen molar-refractivity contribution < 1.29 is 19.1 Å². The lowest BCUT2D eigenvalue weighted by molar-refractivity contribution is 0.0697. The zero-order valence-corrected chi connectivity index (χ0v) is 12.1. The van der Waals surface area contributed by atoms with E-state index in [0.29, 0.717) is 5.69 Å². The van der Waals surface area contributed by atoms with Crippen molar-refractivity contribution in [1.29, 1.82) is 0 Å². The van der Waals surface area contributed by atoms with Crippen LogP contribution in [-0.2, 0) is 0 Å². The van der Waals surface area contributed by atoms with Gasteiger partial charge in [0.1, 0.15) is 16.4 Å². The van der Waals surface area contributed by atoms with E-state index in [1.54, 1.807) is 6.92 Å². The number of anilines is 2. The summed E-state index contributed by atoms with van der Waals surface area (Å²) in [6.07, 6.45) is 0. The van der Waals surface area contributed by atoms with Gasteiger partial charge in [-0.1, -0.05) is 6.07 Å². The normalized spacial score (nSPS) is 10.2. The van der Waals surface area contributed by atoms with E-state index in [-0.39, 0.29) is 16.3 Å². The maximum atomic E-state index is 13.1. The number of carboxylic acids is 1. The van der Waals surface area contributed by atoms with Gasteiger partial charge in [-0.3, -0.25) is 4.90 Å². The van der Waals surface area contributed by atoms with Crippen LogP contribution in [0.4, 0.5) is 19.9 Å². The molecule has 2 N–H and O–H groups in total. The third-order valence-corrected chi connectivity index (χ3v) is 3.76. The molecule has 1 heterocycles. The molecule has 0 aliphatic rings. The van der Waals surface area contributed by atoms with Gasteiger partial charge in [-0.2, -0.15) is 4.37 Å². The van der Waals surface area contributed by atoms with Crippen LogP contribution in [0.5, 0.6) is 0 Å². The average Bonchev–Trinajstić information content (AvgIpc) is 2.79. The Morgan fingerprint density at radius 1 is 1.43 bits per heavy atom. The summed E-state index contributed by atoms with van der Waals surface area (Å²) in [6, 6.07) is 4.85. The third-order valence-electron chi connectivity index (χ3n) is 2.74. The van der Waals surface area contributed by atoms with Crippen LogP contribution in [0.3, 0.4) is 0 Å². The number of carbonyl (C=O) groups excluding carboxylic acids is 1. The van der Waals surface area contributed by atoms with Crippen LogP contribution in [0.1, 0.15) is 16.1 Å². The zero-order valence-electron chi connectivity index (χ0n) is 11.3. The van der Waals surface area contributed by atoms with Crippen LogP contribution in [0.15, 0.2) is 24.3 Å². The Bertz CT molecular complexity index is 702. The summed E-state index contributed by atoms with van der Waals surface area (Å²) >= 11 is 0.915. The van der Waals surface area contributed by atoms with Gasteiger partial charge in [0.05, 0.1) is 5.69 Å². The number of halogens is 1. The Labute approximate surface area is 124 Å². The molecule has 2 aromatic rings. The zero-order chi connectivity index (χ0) is 15.6. The van der Waals surface area contributed by atoms with Crippen molar-refractivity contribution in [3.8, 4) is 0 Å². The molecule has 0 saturated heterocycles. The minimum Gasteiger partial charge on any atom is -0.478 e. The van der Waals surface area contributed by atoms with Crippen molar-refractivity contribution >= 4 is 34.2 Å². The van der Waals surface area contributed by atoms with Gasteiger partial charge in [-0.15, -0.1) is 0 Å². The van der Waals surface area contributed by atoms with Crippen LogP contribution < -0.4 is 10.2 Å². The lowest BCUT2D eigenvalue weighted by Crippen LogP contribution is -2.31. The summed E-state index contributed by atoms with van der Waals surface area (Å²) < 4.78 is 17.0. The fourth-order valence-corrected chi connectivity index (χ4v) is 2.55. The van der Waals surface area contributed by atoms with Gasteiger partial charge in [0.25, 0.3) is 0 Å². The summed E-state index contributed by atoms with van der Waals surface area (Å²) in [7, 11) is 1.42. The fraction of sp³-hybridized carbons (Fsp3) is 0.154. The van der Waals surface area contributed by atoms with Gasteiger partial charge >= 0.3 is 12.0 Å². The molecule has 0 fully saturated rings. The van der Waals surface area contributed by atoms with Crippen molar-refractivity contribution in [2.45, 2.75) is 6.92 Å². The van der Waals surface area contributed by atoms with Crippen LogP contribution in [0, 0.1) is 12.7 Å². The minimum absolute atomic E-state index is 0.0168. The lowest BCUT2D eigenvalue weighted by Gasteiger charge is -2.16. The number of hydrogen-bond acceptors (Lipinski definition) is 4. The van der Waals surface area contributed by atoms with Crippen LogP contribution in [0.25, 0.3) is 0 Å². The van der Waals surface area contributed by atoms with E-state index >= 15 is 0 Å². The predicted octanol–water partition coefficient (Wildman–Crippen LogP) is 2.96. The largest absolute Gasteiger partial charge is 0.478 e. The summed E-state index contributed by atoms with van der Waals surface area (Å²) in [4.78, 5) is 24.4. The number of hydrogen-bond donors (Lipinski definition) is 2. The SMILES string of the molecule is Cc1nsc(N(C)C(=O)Nc2cccc(F)c2)c1C(=O)O. The van der Waals surface area contributed by atoms with Gasteiger partial charge in [-0.25, -0.2) is 14.0 Å². The summed E-state index contributed by atoms with van der Waals surface area (Å²) in [6.45, 7) is 1.56. The number of carbonyl (C=O) groups is 2. The molecule has 0 aliphatic heterocycles. The molecule has 0 radical (unpaired) electrons. The first-order chi connectivity index (χ1) is 9.90. The highest BCUT2D eigenvalue weighted by Crippen LogP contribution is 2.28. The highest BCUT2D eigenvalue weighted by atomic mass is 32.1. The van der Waals surface area contributed by atoms with Crippen molar-refractivity contribution in [3.63, 3.8) is 0 Å². The van der Waals surface area contributed by atoms with Gasteiger partial charge in [-0.05, 0) is 36.7 Å². The molecule has 0 spiro atoms. The number of urea groups is 1. The summed E-state index contributed by atoms with van der Waals surface area (Å²) in [5, 5.41) is 11.9. The Hall–Kier alpha value is -2.48. The second kappa shape index (κ2) is 5.88. The minimum atomic E-state index is -1.15. The number of nitrogens with zero attached hydrogens (tertiary/aromatic N) is 2. The molecule has 0 aliphatic carbocycles. The highest BCUT2D eigenvalue weighted by Gasteiger charge is 2.23. The molecule has 0 unspecified atom stereocenters. The molecule has 1 aromatic heterocycles. The Morgan fingerprint density at radius 3 is 2.76 bits per heavy atom. The van der Waals surface area contributed by atoms with Crippen LogP contribution >= 0.6 is 11.5 Å². The molecule has 0 saturated carbocycles. The molecule has 1 aromatic carbocycles. The van der Waals surface area contributed by atoms with Crippen molar-refractivity contribution in [1.82, 2.24) is 4.37 Å². The first-order valence-corrected chi connectivity index (χ1v) is 6.67. The van der Waals surface area contributed by atoms with Crippen molar-refractivity contribution in [2.24, 2.45) is 0 Å². The second-order valence-electron chi connectivity index (χ2n) is 4.25. The van der Waals surface area contributed by atoms with E-state index in [2.05, 4.69) is 9.69 Å². The summed E-state index contributed by atoms with van der Waals surface area (Å²) in [5.74, 6) is -1.63. The van der Waals surface area contributed by atoms with Gasteiger partial charge in [0.15, 0.2) is 0 Å². The van der Waals surface area contributed by atoms with E-state index in [4.69, 9.17) is 5.11 Å². The number of carboxylic acid groups (broad SMARTS) is 1. The average molecular weight is 309 g/mol. The number of amides is 2. The number of aromatic carboxylic acids is 1. The topological polar surface area (TPSA) is 82.5 Å². The molecular weight excluding hydrogens is 297 g/mol. The number of benzene rings is 1. The maximum Gasteiger partial charge on any atom is 0.340 e. The molecule has 0 atom stereocenters. The van der Waals surface area contributed by atoms with Crippen LogP contribution in [-0.4, -0.2) is 28.5 Å². The molecule has 0 bridgehead atoms. The van der Waals surface area contributed by atoms with E-state index < -0.39 is 17.8 Å². The van der Waals surface area contributed by atoms with E-state index in [1.165, 1.54) is 31.3 Å². The summed E-state index contributed by atoms with van der Waals surface area (Å²) in [5.41, 5.74) is 0.606. The van der Waals surface area contributed by atoms with Gasteiger partial charge in [0, 0.05) is 12.7 Å².